The highest BCUT2D eigenvalue weighted by Crippen LogP contribution is 2.27. The summed E-state index contributed by atoms with van der Waals surface area (Å²) in [7, 11) is 0. The number of carbonyl (C=O) groups excluding carboxylic acids is 1. The number of carbonyl (C=O) groups is 1. The zero-order valence-electron chi connectivity index (χ0n) is 16.1. The number of rotatable bonds is 12. The van der Waals surface area contributed by atoms with E-state index in [4.69, 9.17) is 49.0 Å². The molecule has 1 N–H and O–H groups in total. The molecule has 0 aliphatic heterocycles. The molecule has 0 aromatic heterocycles. The highest BCUT2D eigenvalue weighted by atomic mass is 35.5. The van der Waals surface area contributed by atoms with Crippen molar-refractivity contribution in [3.63, 3.8) is 0 Å². The molecule has 8 heteroatoms. The van der Waals surface area contributed by atoms with Gasteiger partial charge in [0, 0.05) is 13.3 Å². The monoisotopic (exact) mass is 439 g/mol. The second kappa shape index (κ2) is 12.0. The van der Waals surface area contributed by atoms with Crippen molar-refractivity contribution < 1.29 is 19.0 Å². The van der Waals surface area contributed by atoms with Gasteiger partial charge < -0.3 is 19.5 Å². The Labute approximate surface area is 176 Å². The Morgan fingerprint density at radius 1 is 1.04 bits per heavy atom. The fourth-order valence-electron chi connectivity index (χ4n) is 2.29. The molecule has 0 radical (unpaired) electrons. The standard InChI is InChI=1S/C19H28Cl3NO4/c1-5-16(20)25-15-10-8-9-14(11-15)12-19(23-13(4)24,26-17(21)6-2)27-18(22)7-3/h8-11,16-18H,5-7,12H2,1-4H3,(H,23,24). The number of benzene rings is 1. The summed E-state index contributed by atoms with van der Waals surface area (Å²) in [6.45, 7) is 7.05. The van der Waals surface area contributed by atoms with Crippen LogP contribution in [0.5, 0.6) is 5.75 Å². The molecule has 27 heavy (non-hydrogen) atoms. The molecule has 1 amide bonds. The molecule has 1 rings (SSSR count). The maximum Gasteiger partial charge on any atom is 0.258 e. The van der Waals surface area contributed by atoms with Crippen LogP contribution in [-0.4, -0.2) is 28.5 Å². The Morgan fingerprint density at radius 3 is 2.07 bits per heavy atom. The Balaban J connectivity index is 3.16. The summed E-state index contributed by atoms with van der Waals surface area (Å²) < 4.78 is 17.4. The zero-order valence-corrected chi connectivity index (χ0v) is 18.4. The van der Waals surface area contributed by atoms with E-state index in [2.05, 4.69) is 5.32 Å². The minimum Gasteiger partial charge on any atom is -0.475 e. The van der Waals surface area contributed by atoms with Crippen molar-refractivity contribution >= 4 is 40.7 Å². The number of nitrogens with one attached hydrogen (secondary N) is 1. The van der Waals surface area contributed by atoms with E-state index in [1.54, 1.807) is 0 Å². The third kappa shape index (κ3) is 8.88. The van der Waals surface area contributed by atoms with E-state index in [1.807, 2.05) is 45.0 Å². The highest BCUT2D eigenvalue weighted by Gasteiger charge is 2.38. The fourth-order valence-corrected chi connectivity index (χ4v) is 2.68. The Hall–Kier alpha value is -0.720. The van der Waals surface area contributed by atoms with Gasteiger partial charge in [-0.05, 0) is 37.0 Å². The summed E-state index contributed by atoms with van der Waals surface area (Å²) in [6, 6.07) is 7.33. The van der Waals surface area contributed by atoms with Gasteiger partial charge in [0.2, 0.25) is 5.91 Å². The summed E-state index contributed by atoms with van der Waals surface area (Å²) >= 11 is 18.5. The molecule has 5 nitrogen and oxygen atoms in total. The molecule has 1 aromatic carbocycles. The minimum atomic E-state index is -1.50. The number of ether oxygens (including phenoxy) is 3. The molecule has 3 unspecified atom stereocenters. The Bertz CT molecular complexity index is 576. The van der Waals surface area contributed by atoms with Crippen LogP contribution in [0.2, 0.25) is 0 Å². The predicted molar refractivity (Wildman–Crippen MR) is 109 cm³/mol. The fraction of sp³-hybridized carbons (Fsp3) is 0.632. The van der Waals surface area contributed by atoms with Gasteiger partial charge in [0.25, 0.3) is 5.91 Å². The smallest absolute Gasteiger partial charge is 0.258 e. The van der Waals surface area contributed by atoms with Crippen LogP contribution >= 0.6 is 34.8 Å². The van der Waals surface area contributed by atoms with Crippen molar-refractivity contribution in [2.75, 3.05) is 0 Å². The lowest BCUT2D eigenvalue weighted by Gasteiger charge is -2.37. The third-order valence-electron chi connectivity index (χ3n) is 3.57. The van der Waals surface area contributed by atoms with Gasteiger partial charge in [-0.15, -0.1) is 0 Å². The molecule has 0 heterocycles. The van der Waals surface area contributed by atoms with Gasteiger partial charge in [-0.2, -0.15) is 0 Å². The summed E-state index contributed by atoms with van der Waals surface area (Å²) in [4.78, 5) is 11.8. The van der Waals surface area contributed by atoms with Crippen molar-refractivity contribution in [2.45, 2.75) is 76.0 Å². The highest BCUT2D eigenvalue weighted by molar-refractivity contribution is 6.20. The molecule has 0 spiro atoms. The van der Waals surface area contributed by atoms with E-state index in [9.17, 15) is 4.79 Å². The van der Waals surface area contributed by atoms with Crippen molar-refractivity contribution in [1.82, 2.24) is 5.32 Å². The largest absolute Gasteiger partial charge is 0.475 e. The second-order valence-corrected chi connectivity index (χ2v) is 7.53. The molecular weight excluding hydrogens is 413 g/mol. The lowest BCUT2D eigenvalue weighted by molar-refractivity contribution is -0.268. The minimum absolute atomic E-state index is 0.190. The average Bonchev–Trinajstić information content (AvgIpc) is 2.60. The van der Waals surface area contributed by atoms with Crippen LogP contribution < -0.4 is 10.1 Å². The van der Waals surface area contributed by atoms with Crippen LogP contribution in [0.3, 0.4) is 0 Å². The van der Waals surface area contributed by atoms with Crippen LogP contribution in [0.1, 0.15) is 52.5 Å². The van der Waals surface area contributed by atoms with Crippen molar-refractivity contribution in [2.24, 2.45) is 0 Å². The van der Waals surface area contributed by atoms with E-state index in [1.165, 1.54) is 6.92 Å². The van der Waals surface area contributed by atoms with Crippen LogP contribution in [-0.2, 0) is 20.7 Å². The van der Waals surface area contributed by atoms with E-state index >= 15 is 0 Å². The van der Waals surface area contributed by atoms with Gasteiger partial charge in [-0.25, -0.2) is 0 Å². The van der Waals surface area contributed by atoms with Crippen molar-refractivity contribution in [1.29, 1.82) is 0 Å². The molecule has 1 aromatic rings. The van der Waals surface area contributed by atoms with Crippen LogP contribution in [0.4, 0.5) is 0 Å². The first-order valence-electron chi connectivity index (χ1n) is 9.05. The van der Waals surface area contributed by atoms with Crippen LogP contribution in [0.15, 0.2) is 24.3 Å². The molecule has 0 saturated heterocycles. The van der Waals surface area contributed by atoms with Crippen LogP contribution in [0, 0.1) is 0 Å². The van der Waals surface area contributed by atoms with Gasteiger partial charge >= 0.3 is 0 Å². The molecule has 0 aliphatic carbocycles. The number of halogens is 3. The molecule has 0 bridgehead atoms. The van der Waals surface area contributed by atoms with Crippen molar-refractivity contribution in [3.8, 4) is 5.75 Å². The quantitative estimate of drug-likeness (QED) is 0.351. The third-order valence-corrected chi connectivity index (χ3v) is 4.76. The molecule has 0 saturated carbocycles. The summed E-state index contributed by atoms with van der Waals surface area (Å²) in [5.41, 5.74) is -0.942. The summed E-state index contributed by atoms with van der Waals surface area (Å²) in [6.07, 6.45) is 1.91. The SMILES string of the molecule is CCC(Cl)Oc1cccc(CC(NC(C)=O)(OC(Cl)CC)OC(Cl)CC)c1. The lowest BCUT2D eigenvalue weighted by Crippen LogP contribution is -2.56. The summed E-state index contributed by atoms with van der Waals surface area (Å²) in [5, 5.41) is 2.72. The first-order chi connectivity index (χ1) is 12.7. The summed E-state index contributed by atoms with van der Waals surface area (Å²) in [5.74, 6) is -1.21. The number of hydrogen-bond acceptors (Lipinski definition) is 4. The maximum atomic E-state index is 11.8. The molecule has 154 valence electrons. The van der Waals surface area contributed by atoms with E-state index in [0.717, 1.165) is 5.56 Å². The van der Waals surface area contributed by atoms with E-state index < -0.39 is 22.6 Å². The normalized spacial score (nSPS) is 16.9. The Kier molecular flexibility index (Phi) is 10.8. The van der Waals surface area contributed by atoms with Crippen LogP contribution in [0.25, 0.3) is 0 Å². The maximum absolute atomic E-state index is 11.8. The van der Waals surface area contributed by atoms with Gasteiger partial charge in [0.15, 0.2) is 5.56 Å². The first-order valence-corrected chi connectivity index (χ1v) is 10.4. The molecule has 0 aliphatic rings. The van der Waals surface area contributed by atoms with Crippen molar-refractivity contribution in [3.05, 3.63) is 29.8 Å². The number of amides is 1. The number of alkyl halides is 3. The number of hydrogen-bond donors (Lipinski definition) is 1. The molecule has 0 fully saturated rings. The zero-order chi connectivity index (χ0) is 20.4. The average molecular weight is 441 g/mol. The van der Waals surface area contributed by atoms with Gasteiger partial charge in [-0.3, -0.25) is 4.79 Å². The van der Waals surface area contributed by atoms with E-state index in [-0.39, 0.29) is 12.3 Å². The first kappa shape index (κ1) is 24.3. The topological polar surface area (TPSA) is 56.8 Å². The van der Waals surface area contributed by atoms with Gasteiger partial charge in [0.1, 0.15) is 16.9 Å². The molecular formula is C19H28Cl3NO4. The second-order valence-electron chi connectivity index (χ2n) is 6.07. The van der Waals surface area contributed by atoms with E-state index in [0.29, 0.717) is 25.0 Å². The van der Waals surface area contributed by atoms with Gasteiger partial charge in [0.05, 0.1) is 0 Å². The van der Waals surface area contributed by atoms with Gasteiger partial charge in [-0.1, -0.05) is 67.7 Å². The predicted octanol–water partition coefficient (Wildman–Crippen LogP) is 5.36. The lowest BCUT2D eigenvalue weighted by atomic mass is 10.1. The molecule has 3 atom stereocenters. The Morgan fingerprint density at radius 2 is 1.59 bits per heavy atom.